The predicted octanol–water partition coefficient (Wildman–Crippen LogP) is 4.42. The van der Waals surface area contributed by atoms with Crippen LogP contribution in [-0.2, 0) is 14.1 Å². The lowest BCUT2D eigenvalue weighted by Crippen LogP contribution is -2.09. The number of pyridine rings is 1. The van der Waals surface area contributed by atoms with E-state index in [9.17, 15) is 9.90 Å². The molecular formula is C24H23N7O3. The van der Waals surface area contributed by atoms with Crippen molar-refractivity contribution in [1.29, 1.82) is 0 Å². The molecule has 0 amide bonds. The van der Waals surface area contributed by atoms with Crippen LogP contribution in [0.1, 0.15) is 5.69 Å². The zero-order valence-corrected chi connectivity index (χ0v) is 19.1. The van der Waals surface area contributed by atoms with E-state index in [2.05, 4.69) is 20.5 Å². The van der Waals surface area contributed by atoms with Crippen LogP contribution in [0.3, 0.4) is 0 Å². The van der Waals surface area contributed by atoms with Gasteiger partial charge in [-0.1, -0.05) is 6.07 Å². The van der Waals surface area contributed by atoms with Crippen LogP contribution in [0, 0.1) is 6.92 Å². The maximum absolute atomic E-state index is 12.1. The number of methoxy groups -OCH3 is 1. The van der Waals surface area contributed by atoms with Crippen LogP contribution in [0.15, 0.2) is 55.1 Å². The fourth-order valence-corrected chi connectivity index (χ4v) is 4.13. The van der Waals surface area contributed by atoms with Crippen molar-refractivity contribution in [3.63, 3.8) is 0 Å². The van der Waals surface area contributed by atoms with Crippen LogP contribution < -0.4 is 10.1 Å². The topological polar surface area (TPSA) is 112 Å². The minimum atomic E-state index is -1.08. The largest absolute Gasteiger partial charge is 0.495 e. The lowest BCUT2D eigenvalue weighted by Gasteiger charge is -2.13. The molecule has 0 aliphatic heterocycles. The number of fused-ring (bicyclic) bond motifs is 1. The number of nitrogens with zero attached hydrogens (tertiary/aromatic N) is 6. The Kier molecular flexibility index (Phi) is 5.05. The minimum absolute atomic E-state index is 0.495. The molecule has 10 nitrogen and oxygen atoms in total. The van der Waals surface area contributed by atoms with Crippen molar-refractivity contribution in [2.75, 3.05) is 12.4 Å². The van der Waals surface area contributed by atoms with E-state index in [1.54, 1.807) is 54.2 Å². The highest BCUT2D eigenvalue weighted by Crippen LogP contribution is 2.34. The second kappa shape index (κ2) is 8.07. The first-order chi connectivity index (χ1) is 16.3. The quantitative estimate of drug-likeness (QED) is 0.402. The van der Waals surface area contributed by atoms with Gasteiger partial charge in [-0.2, -0.15) is 10.2 Å². The van der Waals surface area contributed by atoms with Gasteiger partial charge in [0.15, 0.2) is 0 Å². The summed E-state index contributed by atoms with van der Waals surface area (Å²) in [6.45, 7) is 1.96. The molecule has 0 radical (unpaired) electrons. The van der Waals surface area contributed by atoms with Crippen molar-refractivity contribution in [3.05, 3.63) is 60.8 Å². The highest BCUT2D eigenvalue weighted by molar-refractivity contribution is 5.96. The summed E-state index contributed by atoms with van der Waals surface area (Å²) in [7, 11) is 5.28. The monoisotopic (exact) mass is 457 g/mol. The SMILES string of the molecule is COc1cc(-c2cn(C)nc2C)ccc1Nc1cc2c(cn1)cc(-c1cnn(C)c1)n2C(=O)O. The lowest BCUT2D eigenvalue weighted by molar-refractivity contribution is 0.198. The highest BCUT2D eigenvalue weighted by atomic mass is 16.5. The molecule has 2 N–H and O–H groups in total. The molecule has 172 valence electrons. The van der Waals surface area contributed by atoms with Gasteiger partial charge in [0.25, 0.3) is 0 Å². The van der Waals surface area contributed by atoms with E-state index in [0.717, 1.165) is 16.8 Å². The van der Waals surface area contributed by atoms with Gasteiger partial charge in [-0.05, 0) is 30.7 Å². The fraction of sp³-hybridized carbons (Fsp3) is 0.167. The van der Waals surface area contributed by atoms with E-state index in [-0.39, 0.29) is 0 Å². The minimum Gasteiger partial charge on any atom is -0.495 e. The molecule has 5 aromatic rings. The molecule has 0 unspecified atom stereocenters. The number of nitrogens with one attached hydrogen (secondary N) is 1. The summed E-state index contributed by atoms with van der Waals surface area (Å²) in [5.41, 5.74) is 5.40. The Hall–Kier alpha value is -4.60. The third-order valence-electron chi connectivity index (χ3n) is 5.67. The molecule has 0 aliphatic rings. The molecule has 1 aromatic carbocycles. The zero-order valence-electron chi connectivity index (χ0n) is 19.1. The van der Waals surface area contributed by atoms with Crippen LogP contribution >= 0.6 is 0 Å². The van der Waals surface area contributed by atoms with E-state index in [4.69, 9.17) is 4.74 Å². The smallest absolute Gasteiger partial charge is 0.416 e. The molecule has 0 bridgehead atoms. The lowest BCUT2D eigenvalue weighted by atomic mass is 10.1. The molecule has 0 saturated heterocycles. The first-order valence-electron chi connectivity index (χ1n) is 10.5. The van der Waals surface area contributed by atoms with Crippen molar-refractivity contribution in [3.8, 4) is 28.1 Å². The van der Waals surface area contributed by atoms with Crippen molar-refractivity contribution >= 4 is 28.5 Å². The van der Waals surface area contributed by atoms with Crippen LogP contribution in [0.4, 0.5) is 16.3 Å². The Morgan fingerprint density at radius 3 is 2.53 bits per heavy atom. The standard InChI is InChI=1S/C24H23N7O3/c1-14-18(13-30(3)28-14)15-5-6-19(22(8-15)34-4)27-23-9-21-16(10-25-23)7-20(31(21)24(32)33)17-11-26-29(2)12-17/h5-13H,1-4H3,(H,25,27)(H,32,33). The van der Waals surface area contributed by atoms with E-state index < -0.39 is 6.09 Å². The maximum Gasteiger partial charge on any atom is 0.416 e. The summed E-state index contributed by atoms with van der Waals surface area (Å²) >= 11 is 0. The van der Waals surface area contributed by atoms with Gasteiger partial charge in [0.1, 0.15) is 11.6 Å². The number of ether oxygens (including phenoxy) is 1. The molecule has 4 aromatic heterocycles. The van der Waals surface area contributed by atoms with E-state index in [1.807, 2.05) is 38.4 Å². The normalized spacial score (nSPS) is 11.2. The number of carbonyl (C=O) groups is 1. The number of anilines is 2. The number of hydrogen-bond donors (Lipinski definition) is 2. The van der Waals surface area contributed by atoms with Crippen molar-refractivity contribution < 1.29 is 14.6 Å². The molecule has 10 heteroatoms. The number of hydrogen-bond acceptors (Lipinski definition) is 6. The summed E-state index contributed by atoms with van der Waals surface area (Å²) in [5, 5.41) is 22.4. The van der Waals surface area contributed by atoms with Crippen LogP contribution in [0.5, 0.6) is 5.75 Å². The predicted molar refractivity (Wildman–Crippen MR) is 129 cm³/mol. The van der Waals surface area contributed by atoms with Crippen molar-refractivity contribution in [2.24, 2.45) is 14.1 Å². The van der Waals surface area contributed by atoms with Crippen molar-refractivity contribution in [1.82, 2.24) is 29.1 Å². The van der Waals surface area contributed by atoms with Gasteiger partial charge in [-0.3, -0.25) is 9.36 Å². The number of benzene rings is 1. The summed E-state index contributed by atoms with van der Waals surface area (Å²) in [6, 6.07) is 9.33. The number of carboxylic acid groups (broad SMARTS) is 1. The van der Waals surface area contributed by atoms with Crippen LogP contribution in [-0.4, -0.2) is 47.4 Å². The van der Waals surface area contributed by atoms with E-state index in [1.165, 1.54) is 4.57 Å². The Bertz CT molecular complexity index is 1540. The zero-order chi connectivity index (χ0) is 24.0. The molecule has 0 aliphatic carbocycles. The molecule has 0 atom stereocenters. The first-order valence-corrected chi connectivity index (χ1v) is 10.5. The van der Waals surface area contributed by atoms with Gasteiger partial charge in [-0.25, -0.2) is 14.3 Å². The number of rotatable bonds is 5. The van der Waals surface area contributed by atoms with Gasteiger partial charge >= 0.3 is 6.09 Å². The van der Waals surface area contributed by atoms with Gasteiger partial charge in [0.2, 0.25) is 0 Å². The molecule has 0 spiro atoms. The van der Waals surface area contributed by atoms with Gasteiger partial charge < -0.3 is 15.2 Å². The molecule has 5 rings (SSSR count). The average Bonchev–Trinajstić information content (AvgIpc) is 3.49. The fourth-order valence-electron chi connectivity index (χ4n) is 4.13. The molecular weight excluding hydrogens is 434 g/mol. The second-order valence-electron chi connectivity index (χ2n) is 8.02. The Labute approximate surface area is 195 Å². The second-order valence-corrected chi connectivity index (χ2v) is 8.02. The summed E-state index contributed by atoms with van der Waals surface area (Å²) in [6.07, 6.45) is 5.94. The summed E-state index contributed by atoms with van der Waals surface area (Å²) in [4.78, 5) is 16.6. The first kappa shape index (κ1) is 21.3. The van der Waals surface area contributed by atoms with Crippen molar-refractivity contribution in [2.45, 2.75) is 6.92 Å². The maximum atomic E-state index is 12.1. The van der Waals surface area contributed by atoms with E-state index in [0.29, 0.717) is 39.4 Å². The van der Waals surface area contributed by atoms with Crippen LogP contribution in [0.2, 0.25) is 0 Å². The van der Waals surface area contributed by atoms with Gasteiger partial charge in [-0.15, -0.1) is 0 Å². The number of aromatic nitrogens is 6. The third-order valence-corrected chi connectivity index (χ3v) is 5.67. The van der Waals surface area contributed by atoms with Gasteiger partial charge in [0.05, 0.1) is 35.9 Å². The molecule has 34 heavy (non-hydrogen) atoms. The van der Waals surface area contributed by atoms with Gasteiger partial charge in [0, 0.05) is 55.3 Å². The molecule has 4 heterocycles. The summed E-state index contributed by atoms with van der Waals surface area (Å²) in [5.74, 6) is 1.13. The number of aryl methyl sites for hydroxylation is 3. The average molecular weight is 457 g/mol. The Balaban J connectivity index is 1.53. The van der Waals surface area contributed by atoms with Crippen LogP contribution in [0.25, 0.3) is 33.3 Å². The van der Waals surface area contributed by atoms with E-state index >= 15 is 0 Å². The highest BCUT2D eigenvalue weighted by Gasteiger charge is 2.18. The summed E-state index contributed by atoms with van der Waals surface area (Å²) < 4.78 is 10.3. The third kappa shape index (κ3) is 3.64. The Morgan fingerprint density at radius 1 is 1.06 bits per heavy atom. The molecule has 0 saturated carbocycles. The molecule has 0 fully saturated rings. The Morgan fingerprint density at radius 2 is 1.88 bits per heavy atom.